The molecular formula is C27H48O5. The molecule has 4 saturated carbocycles. The maximum atomic E-state index is 11.4. The monoisotopic (exact) mass is 452 g/mol. The van der Waals surface area contributed by atoms with E-state index in [2.05, 4.69) is 34.6 Å². The Labute approximate surface area is 194 Å². The van der Waals surface area contributed by atoms with Gasteiger partial charge in [0.25, 0.3) is 0 Å². The summed E-state index contributed by atoms with van der Waals surface area (Å²) in [5.74, 6) is 1.71. The van der Waals surface area contributed by atoms with Crippen molar-refractivity contribution in [1.29, 1.82) is 0 Å². The molecule has 0 aromatic heterocycles. The van der Waals surface area contributed by atoms with Gasteiger partial charge in [0, 0.05) is 5.92 Å². The van der Waals surface area contributed by atoms with Gasteiger partial charge in [-0.15, -0.1) is 0 Å². The molecule has 0 bridgehead atoms. The molecule has 1 unspecified atom stereocenters. The first-order valence-corrected chi connectivity index (χ1v) is 13.3. The van der Waals surface area contributed by atoms with Crippen LogP contribution >= 0.6 is 0 Å². The second kappa shape index (κ2) is 8.78. The molecule has 5 nitrogen and oxygen atoms in total. The van der Waals surface area contributed by atoms with Gasteiger partial charge in [0.1, 0.15) is 0 Å². The van der Waals surface area contributed by atoms with Gasteiger partial charge in [-0.25, -0.2) is 0 Å². The SMILES string of the molecule is CC(C)C(O)CC[C@@H](C)[C@H]1C[C@H](O)[C@H]2[C@@H]3C[C@@H](O)[C@H]4[C@@H](O)[C@@H](O)CC[C@]4(C)[C@H]3CC[C@@]21C. The fraction of sp³-hybridized carbons (Fsp3) is 1.00. The van der Waals surface area contributed by atoms with Crippen molar-refractivity contribution in [3.63, 3.8) is 0 Å². The number of rotatable bonds is 5. The van der Waals surface area contributed by atoms with Crippen molar-refractivity contribution in [2.24, 2.45) is 52.3 Å². The first-order chi connectivity index (χ1) is 14.9. The van der Waals surface area contributed by atoms with Crippen LogP contribution in [0.1, 0.15) is 86.0 Å². The first kappa shape index (κ1) is 24.9. The van der Waals surface area contributed by atoms with Gasteiger partial charge in [0.15, 0.2) is 0 Å². The van der Waals surface area contributed by atoms with E-state index in [1.165, 1.54) is 0 Å². The minimum atomic E-state index is -0.855. The first-order valence-electron chi connectivity index (χ1n) is 13.3. The molecule has 32 heavy (non-hydrogen) atoms. The molecule has 0 aromatic carbocycles. The van der Waals surface area contributed by atoms with Crippen LogP contribution in [0.3, 0.4) is 0 Å². The van der Waals surface area contributed by atoms with Crippen molar-refractivity contribution < 1.29 is 25.5 Å². The largest absolute Gasteiger partial charge is 0.393 e. The van der Waals surface area contributed by atoms with Crippen LogP contribution in [0.2, 0.25) is 0 Å². The third-order valence-corrected chi connectivity index (χ3v) is 11.1. The van der Waals surface area contributed by atoms with Crippen molar-refractivity contribution >= 4 is 0 Å². The van der Waals surface area contributed by atoms with Crippen molar-refractivity contribution in [2.45, 2.75) is 117 Å². The third-order valence-electron chi connectivity index (χ3n) is 11.1. The van der Waals surface area contributed by atoms with E-state index in [4.69, 9.17) is 0 Å². The van der Waals surface area contributed by atoms with Gasteiger partial charge in [0.2, 0.25) is 0 Å². The Morgan fingerprint density at radius 3 is 2.06 bits per heavy atom. The Bertz CT molecular complexity index is 668. The third kappa shape index (κ3) is 3.79. The van der Waals surface area contributed by atoms with Crippen LogP contribution in [0.4, 0.5) is 0 Å². The molecule has 13 atom stereocenters. The van der Waals surface area contributed by atoms with Gasteiger partial charge in [-0.3, -0.25) is 0 Å². The Morgan fingerprint density at radius 2 is 1.41 bits per heavy atom. The molecule has 4 aliphatic carbocycles. The number of aliphatic hydroxyl groups excluding tert-OH is 5. The van der Waals surface area contributed by atoms with Crippen LogP contribution in [0.15, 0.2) is 0 Å². The molecule has 5 N–H and O–H groups in total. The quantitative estimate of drug-likeness (QED) is 0.440. The van der Waals surface area contributed by atoms with E-state index in [-0.39, 0.29) is 46.7 Å². The Balaban J connectivity index is 1.56. The number of hydrogen-bond donors (Lipinski definition) is 5. The molecule has 0 saturated heterocycles. The highest BCUT2D eigenvalue weighted by Crippen LogP contribution is 2.68. The average molecular weight is 453 g/mol. The van der Waals surface area contributed by atoms with Crippen molar-refractivity contribution in [2.75, 3.05) is 0 Å². The molecule has 0 aliphatic heterocycles. The highest BCUT2D eigenvalue weighted by atomic mass is 16.3. The van der Waals surface area contributed by atoms with E-state index in [1.807, 2.05) is 0 Å². The van der Waals surface area contributed by atoms with Crippen LogP contribution in [0, 0.1) is 52.3 Å². The van der Waals surface area contributed by atoms with Crippen molar-refractivity contribution in [3.8, 4) is 0 Å². The summed E-state index contributed by atoms with van der Waals surface area (Å²) in [6.45, 7) is 11.0. The normalized spacial score (nSPS) is 52.8. The minimum Gasteiger partial charge on any atom is -0.393 e. The highest BCUT2D eigenvalue weighted by Gasteiger charge is 2.65. The second-order valence-corrected chi connectivity index (χ2v) is 13.0. The van der Waals surface area contributed by atoms with Crippen molar-refractivity contribution in [1.82, 2.24) is 0 Å². The standard InChI is InChI=1S/C27H48O5/c1-14(2)19(28)7-6-15(3)18-13-22(31)23-16-12-21(30)24-25(32)20(29)9-11-26(24,4)17(16)8-10-27(18,23)5/h14-25,28-32H,6-13H2,1-5H3/t15-,16-,17+,18-,19?,20+,21-,22+,23-,24+,25+,26-,27-/m1/s1. The molecular weight excluding hydrogens is 404 g/mol. The minimum absolute atomic E-state index is 0.0541. The lowest BCUT2D eigenvalue weighted by atomic mass is 9.43. The van der Waals surface area contributed by atoms with Gasteiger partial charge in [-0.1, -0.05) is 34.6 Å². The molecule has 0 amide bonds. The molecule has 5 heteroatoms. The van der Waals surface area contributed by atoms with E-state index in [9.17, 15) is 25.5 Å². The molecule has 4 aliphatic rings. The highest BCUT2D eigenvalue weighted by molar-refractivity contribution is 5.14. The molecule has 0 heterocycles. The van der Waals surface area contributed by atoms with Crippen LogP contribution in [0.5, 0.6) is 0 Å². The number of aliphatic hydroxyl groups is 5. The maximum Gasteiger partial charge on any atom is 0.0857 e. The van der Waals surface area contributed by atoms with Gasteiger partial charge in [-0.05, 0) is 97.7 Å². The zero-order chi connectivity index (χ0) is 23.6. The van der Waals surface area contributed by atoms with Crippen LogP contribution in [-0.2, 0) is 0 Å². The molecule has 4 rings (SSSR count). The van der Waals surface area contributed by atoms with Gasteiger partial charge < -0.3 is 25.5 Å². The smallest absolute Gasteiger partial charge is 0.0857 e. The van der Waals surface area contributed by atoms with Gasteiger partial charge in [0.05, 0.1) is 30.5 Å². The van der Waals surface area contributed by atoms with E-state index in [1.54, 1.807) is 0 Å². The molecule has 186 valence electrons. The van der Waals surface area contributed by atoms with Gasteiger partial charge >= 0.3 is 0 Å². The zero-order valence-corrected chi connectivity index (χ0v) is 20.8. The summed E-state index contributed by atoms with van der Waals surface area (Å²) in [6, 6.07) is 0. The molecule has 0 aromatic rings. The van der Waals surface area contributed by atoms with E-state index in [0.717, 1.165) is 38.5 Å². The summed E-state index contributed by atoms with van der Waals surface area (Å²) in [7, 11) is 0. The van der Waals surface area contributed by atoms with E-state index < -0.39 is 18.3 Å². The summed E-state index contributed by atoms with van der Waals surface area (Å²) in [5, 5.41) is 53.9. The van der Waals surface area contributed by atoms with Gasteiger partial charge in [-0.2, -0.15) is 0 Å². The Kier molecular flexibility index (Phi) is 6.84. The maximum absolute atomic E-state index is 11.4. The van der Waals surface area contributed by atoms with Crippen LogP contribution < -0.4 is 0 Å². The predicted octanol–water partition coefficient (Wildman–Crippen LogP) is 3.35. The Morgan fingerprint density at radius 1 is 0.781 bits per heavy atom. The lowest BCUT2D eigenvalue weighted by Gasteiger charge is -2.63. The summed E-state index contributed by atoms with van der Waals surface area (Å²) in [6.07, 6.45) is 3.99. The predicted molar refractivity (Wildman–Crippen MR) is 125 cm³/mol. The summed E-state index contributed by atoms with van der Waals surface area (Å²) in [4.78, 5) is 0. The number of hydrogen-bond acceptors (Lipinski definition) is 5. The average Bonchev–Trinajstić information content (AvgIpc) is 2.99. The summed E-state index contributed by atoms with van der Waals surface area (Å²) < 4.78 is 0. The zero-order valence-electron chi connectivity index (χ0n) is 20.8. The summed E-state index contributed by atoms with van der Waals surface area (Å²) >= 11 is 0. The van der Waals surface area contributed by atoms with Crippen LogP contribution in [0.25, 0.3) is 0 Å². The Hall–Kier alpha value is -0.200. The summed E-state index contributed by atoms with van der Waals surface area (Å²) in [5.41, 5.74) is -0.133. The number of fused-ring (bicyclic) bond motifs is 5. The van der Waals surface area contributed by atoms with Crippen LogP contribution in [-0.4, -0.2) is 56.1 Å². The van der Waals surface area contributed by atoms with Crippen molar-refractivity contribution in [3.05, 3.63) is 0 Å². The fourth-order valence-electron chi connectivity index (χ4n) is 9.35. The molecule has 0 radical (unpaired) electrons. The lowest BCUT2D eigenvalue weighted by Crippen LogP contribution is -2.63. The molecule has 4 fully saturated rings. The second-order valence-electron chi connectivity index (χ2n) is 13.0. The lowest BCUT2D eigenvalue weighted by molar-refractivity contribution is -0.217. The van der Waals surface area contributed by atoms with E-state index >= 15 is 0 Å². The topological polar surface area (TPSA) is 101 Å². The molecule has 0 spiro atoms. The van der Waals surface area contributed by atoms with E-state index in [0.29, 0.717) is 30.6 Å². The fourth-order valence-corrected chi connectivity index (χ4v) is 9.35.